The maximum atomic E-state index is 11.5. The highest BCUT2D eigenvalue weighted by molar-refractivity contribution is 9.13. The summed E-state index contributed by atoms with van der Waals surface area (Å²) in [7, 11) is 0. The first-order valence-corrected chi connectivity index (χ1v) is 7.57. The molecule has 2 aromatic rings. The standard InChI is InChI=1S/C15H13Br2NO2/c1-9-4-2-3-5-13(9)18-14(15(19)20)10-6-7-11(16)12(17)8-10/h2-8,14,18H,1H3,(H,19,20). The van der Waals surface area contributed by atoms with Crippen molar-refractivity contribution in [2.75, 3.05) is 5.32 Å². The number of anilines is 1. The minimum Gasteiger partial charge on any atom is -0.479 e. The maximum Gasteiger partial charge on any atom is 0.330 e. The van der Waals surface area contributed by atoms with E-state index < -0.39 is 12.0 Å². The van der Waals surface area contributed by atoms with Gasteiger partial charge >= 0.3 is 5.97 Å². The first-order chi connectivity index (χ1) is 9.49. The molecule has 0 saturated heterocycles. The number of aliphatic carboxylic acids is 1. The second-order valence-electron chi connectivity index (χ2n) is 4.40. The summed E-state index contributed by atoms with van der Waals surface area (Å²) < 4.78 is 1.72. The van der Waals surface area contributed by atoms with Gasteiger partial charge in [0.1, 0.15) is 0 Å². The first kappa shape index (κ1) is 15.1. The number of carboxylic acids is 1. The number of para-hydroxylation sites is 1. The van der Waals surface area contributed by atoms with Gasteiger partial charge in [-0.15, -0.1) is 0 Å². The lowest BCUT2D eigenvalue weighted by atomic mass is 10.1. The van der Waals surface area contributed by atoms with Gasteiger partial charge in [0.25, 0.3) is 0 Å². The van der Waals surface area contributed by atoms with Crippen molar-refractivity contribution >= 4 is 43.5 Å². The summed E-state index contributed by atoms with van der Waals surface area (Å²) in [5, 5.41) is 12.5. The zero-order chi connectivity index (χ0) is 14.7. The van der Waals surface area contributed by atoms with Gasteiger partial charge in [-0.05, 0) is 68.1 Å². The molecule has 3 nitrogen and oxygen atoms in total. The fraction of sp³-hybridized carbons (Fsp3) is 0.133. The van der Waals surface area contributed by atoms with E-state index in [0.717, 1.165) is 20.2 Å². The Morgan fingerprint density at radius 3 is 2.45 bits per heavy atom. The number of rotatable bonds is 4. The van der Waals surface area contributed by atoms with Gasteiger partial charge in [0, 0.05) is 14.6 Å². The van der Waals surface area contributed by atoms with Crippen LogP contribution in [0.4, 0.5) is 5.69 Å². The fourth-order valence-corrected chi connectivity index (χ4v) is 2.51. The Morgan fingerprint density at radius 2 is 1.85 bits per heavy atom. The molecule has 5 heteroatoms. The second-order valence-corrected chi connectivity index (χ2v) is 6.11. The van der Waals surface area contributed by atoms with Crippen LogP contribution in [0.5, 0.6) is 0 Å². The van der Waals surface area contributed by atoms with E-state index in [1.54, 1.807) is 12.1 Å². The number of aryl methyl sites for hydroxylation is 1. The van der Waals surface area contributed by atoms with E-state index in [1.165, 1.54) is 0 Å². The minimum atomic E-state index is -0.914. The third kappa shape index (κ3) is 3.41. The summed E-state index contributed by atoms with van der Waals surface area (Å²) in [4.78, 5) is 11.5. The molecule has 0 fully saturated rings. The van der Waals surface area contributed by atoms with Crippen LogP contribution in [0.2, 0.25) is 0 Å². The Hall–Kier alpha value is -1.33. The Labute approximate surface area is 134 Å². The SMILES string of the molecule is Cc1ccccc1NC(C(=O)O)c1ccc(Br)c(Br)c1. The van der Waals surface area contributed by atoms with E-state index in [9.17, 15) is 9.90 Å². The quantitative estimate of drug-likeness (QED) is 0.780. The molecule has 0 spiro atoms. The van der Waals surface area contributed by atoms with E-state index in [1.807, 2.05) is 37.3 Å². The van der Waals surface area contributed by atoms with Crippen molar-refractivity contribution in [3.8, 4) is 0 Å². The third-order valence-corrected chi connectivity index (χ3v) is 4.85. The number of benzene rings is 2. The van der Waals surface area contributed by atoms with Gasteiger partial charge < -0.3 is 10.4 Å². The predicted octanol–water partition coefficient (Wildman–Crippen LogP) is 4.76. The molecule has 2 aromatic carbocycles. The topological polar surface area (TPSA) is 49.3 Å². The Bertz CT molecular complexity index is 644. The van der Waals surface area contributed by atoms with Crippen molar-refractivity contribution in [2.24, 2.45) is 0 Å². The van der Waals surface area contributed by atoms with Crippen LogP contribution < -0.4 is 5.32 Å². The van der Waals surface area contributed by atoms with Crippen molar-refractivity contribution in [2.45, 2.75) is 13.0 Å². The summed E-state index contributed by atoms with van der Waals surface area (Å²) in [5.41, 5.74) is 2.52. The number of hydrogen-bond donors (Lipinski definition) is 2. The molecule has 20 heavy (non-hydrogen) atoms. The molecule has 0 saturated carbocycles. The lowest BCUT2D eigenvalue weighted by molar-refractivity contribution is -0.138. The zero-order valence-electron chi connectivity index (χ0n) is 10.7. The molecule has 0 amide bonds. The summed E-state index contributed by atoms with van der Waals surface area (Å²) in [6, 6.07) is 12.2. The predicted molar refractivity (Wildman–Crippen MR) is 87.0 cm³/mol. The normalized spacial score (nSPS) is 11.9. The monoisotopic (exact) mass is 397 g/mol. The molecule has 0 aromatic heterocycles. The summed E-state index contributed by atoms with van der Waals surface area (Å²) in [5.74, 6) is -0.914. The van der Waals surface area contributed by atoms with Crippen LogP contribution in [0.3, 0.4) is 0 Å². The lowest BCUT2D eigenvalue weighted by Gasteiger charge is -2.18. The van der Waals surface area contributed by atoms with Crippen LogP contribution in [-0.2, 0) is 4.79 Å². The number of carboxylic acid groups (broad SMARTS) is 1. The highest BCUT2D eigenvalue weighted by atomic mass is 79.9. The van der Waals surface area contributed by atoms with Crippen molar-refractivity contribution < 1.29 is 9.90 Å². The summed E-state index contributed by atoms with van der Waals surface area (Å²) >= 11 is 6.78. The fourth-order valence-electron chi connectivity index (χ4n) is 1.87. The van der Waals surface area contributed by atoms with Gasteiger partial charge in [-0.25, -0.2) is 4.79 Å². The number of halogens is 2. The Kier molecular flexibility index (Phi) is 4.83. The van der Waals surface area contributed by atoms with E-state index in [-0.39, 0.29) is 0 Å². The van der Waals surface area contributed by atoms with Crippen LogP contribution >= 0.6 is 31.9 Å². The van der Waals surface area contributed by atoms with Crippen molar-refractivity contribution in [3.63, 3.8) is 0 Å². The highest BCUT2D eigenvalue weighted by Crippen LogP contribution is 2.29. The van der Waals surface area contributed by atoms with Crippen LogP contribution in [0.1, 0.15) is 17.2 Å². The Morgan fingerprint density at radius 1 is 1.15 bits per heavy atom. The van der Waals surface area contributed by atoms with Gasteiger partial charge in [0.15, 0.2) is 6.04 Å². The smallest absolute Gasteiger partial charge is 0.330 e. The van der Waals surface area contributed by atoms with Gasteiger partial charge in [-0.2, -0.15) is 0 Å². The average molecular weight is 399 g/mol. The molecule has 0 radical (unpaired) electrons. The van der Waals surface area contributed by atoms with E-state index in [0.29, 0.717) is 5.56 Å². The summed E-state index contributed by atoms with van der Waals surface area (Å²) in [6.45, 7) is 1.94. The molecule has 1 unspecified atom stereocenters. The van der Waals surface area contributed by atoms with Crippen molar-refractivity contribution in [1.82, 2.24) is 0 Å². The molecule has 2 N–H and O–H groups in total. The average Bonchev–Trinajstić information content (AvgIpc) is 2.41. The van der Waals surface area contributed by atoms with Crippen LogP contribution in [-0.4, -0.2) is 11.1 Å². The molecule has 0 aliphatic heterocycles. The molecule has 0 heterocycles. The molecular formula is C15H13Br2NO2. The largest absolute Gasteiger partial charge is 0.479 e. The molecule has 2 rings (SSSR count). The van der Waals surface area contributed by atoms with Crippen LogP contribution in [0.15, 0.2) is 51.4 Å². The zero-order valence-corrected chi connectivity index (χ0v) is 13.9. The first-order valence-electron chi connectivity index (χ1n) is 5.99. The molecule has 0 aliphatic rings. The van der Waals surface area contributed by atoms with Crippen molar-refractivity contribution in [1.29, 1.82) is 0 Å². The maximum absolute atomic E-state index is 11.5. The third-order valence-electron chi connectivity index (χ3n) is 2.97. The lowest BCUT2D eigenvalue weighted by Crippen LogP contribution is -2.21. The number of carbonyl (C=O) groups is 1. The van der Waals surface area contributed by atoms with E-state index >= 15 is 0 Å². The molecule has 1 atom stereocenters. The molecule has 104 valence electrons. The van der Waals surface area contributed by atoms with Gasteiger partial charge in [-0.1, -0.05) is 24.3 Å². The second kappa shape index (κ2) is 6.41. The van der Waals surface area contributed by atoms with Gasteiger partial charge in [-0.3, -0.25) is 0 Å². The van der Waals surface area contributed by atoms with Gasteiger partial charge in [0.05, 0.1) is 0 Å². The molecule has 0 bridgehead atoms. The van der Waals surface area contributed by atoms with Crippen LogP contribution in [0, 0.1) is 6.92 Å². The Balaban J connectivity index is 2.34. The van der Waals surface area contributed by atoms with E-state index in [4.69, 9.17) is 0 Å². The molecular weight excluding hydrogens is 386 g/mol. The van der Waals surface area contributed by atoms with E-state index in [2.05, 4.69) is 37.2 Å². The van der Waals surface area contributed by atoms with Crippen molar-refractivity contribution in [3.05, 3.63) is 62.5 Å². The number of hydrogen-bond acceptors (Lipinski definition) is 2. The molecule has 0 aliphatic carbocycles. The summed E-state index contributed by atoms with van der Waals surface area (Å²) in [6.07, 6.45) is 0. The highest BCUT2D eigenvalue weighted by Gasteiger charge is 2.20. The van der Waals surface area contributed by atoms with Gasteiger partial charge in [0.2, 0.25) is 0 Å². The minimum absolute atomic E-state index is 0.691. The van der Waals surface area contributed by atoms with Crippen LogP contribution in [0.25, 0.3) is 0 Å². The number of nitrogens with one attached hydrogen (secondary N) is 1.